The van der Waals surface area contributed by atoms with Crippen LogP contribution in [-0.4, -0.2) is 45.4 Å². The zero-order valence-corrected chi connectivity index (χ0v) is 23.9. The van der Waals surface area contributed by atoms with Gasteiger partial charge in [-0.2, -0.15) is 0 Å². The van der Waals surface area contributed by atoms with Crippen molar-refractivity contribution in [2.45, 2.75) is 32.2 Å². The average Bonchev–Trinajstić information content (AvgIpc) is 3.58. The van der Waals surface area contributed by atoms with Crippen molar-refractivity contribution in [2.75, 3.05) is 13.1 Å². The highest BCUT2D eigenvalue weighted by Crippen LogP contribution is 2.38. The van der Waals surface area contributed by atoms with E-state index >= 15 is 0 Å². The van der Waals surface area contributed by atoms with E-state index in [2.05, 4.69) is 5.32 Å². The van der Waals surface area contributed by atoms with E-state index in [0.29, 0.717) is 34.1 Å². The lowest BCUT2D eigenvalue weighted by Gasteiger charge is -2.35. The second-order valence-electron chi connectivity index (χ2n) is 10.6. The molecule has 0 aliphatic carbocycles. The second kappa shape index (κ2) is 11.3. The normalized spacial score (nSPS) is 15.3. The maximum absolute atomic E-state index is 15.0. The van der Waals surface area contributed by atoms with Gasteiger partial charge in [0.05, 0.1) is 10.4 Å². The van der Waals surface area contributed by atoms with Gasteiger partial charge in [-0.25, -0.2) is 9.37 Å². The standard InChI is InChI=1S/C33H31FN4O2S/c1-21-14-16-22(17-15-21)32-36-29(30(41-32)25-11-3-5-12-27(25)34)33(40)38-18-8-7-9-23(38)19-35-31(39)26-20-37(2)28-13-6-4-10-24(26)28/h3-6,10-17,20,23H,7-9,18-19H2,1-2H3,(H,35,39)/t23-/m0/s1. The van der Waals surface area contributed by atoms with Gasteiger partial charge < -0.3 is 14.8 Å². The van der Waals surface area contributed by atoms with Crippen LogP contribution in [0.2, 0.25) is 0 Å². The fourth-order valence-corrected chi connectivity index (χ4v) is 6.65. The molecule has 0 radical (unpaired) electrons. The second-order valence-corrected chi connectivity index (χ2v) is 11.6. The highest BCUT2D eigenvalue weighted by Gasteiger charge is 2.32. The van der Waals surface area contributed by atoms with Gasteiger partial charge in [-0.3, -0.25) is 9.59 Å². The molecule has 3 heterocycles. The van der Waals surface area contributed by atoms with E-state index < -0.39 is 5.82 Å². The van der Waals surface area contributed by atoms with Crippen LogP contribution in [0.25, 0.3) is 31.9 Å². The molecule has 1 fully saturated rings. The Labute approximate surface area is 242 Å². The van der Waals surface area contributed by atoms with Crippen molar-refractivity contribution in [3.05, 3.63) is 102 Å². The molecule has 2 amide bonds. The zero-order chi connectivity index (χ0) is 28.5. The molecule has 5 aromatic rings. The number of aryl methyl sites for hydroxylation is 2. The molecule has 8 heteroatoms. The molecule has 0 bridgehead atoms. The van der Waals surface area contributed by atoms with Gasteiger partial charge in [0.15, 0.2) is 0 Å². The van der Waals surface area contributed by atoms with Crippen molar-refractivity contribution in [1.82, 2.24) is 19.8 Å². The first-order chi connectivity index (χ1) is 19.9. The number of piperidine rings is 1. The summed E-state index contributed by atoms with van der Waals surface area (Å²) in [5.41, 5.74) is 4.22. The fourth-order valence-electron chi connectivity index (χ4n) is 5.56. The van der Waals surface area contributed by atoms with Gasteiger partial charge in [0, 0.05) is 54.4 Å². The van der Waals surface area contributed by atoms with Crippen molar-refractivity contribution >= 4 is 34.1 Å². The van der Waals surface area contributed by atoms with Gasteiger partial charge in [0.2, 0.25) is 0 Å². The highest BCUT2D eigenvalue weighted by molar-refractivity contribution is 7.18. The minimum Gasteiger partial charge on any atom is -0.350 e. The molecule has 41 heavy (non-hydrogen) atoms. The van der Waals surface area contributed by atoms with Crippen LogP contribution in [0.4, 0.5) is 4.39 Å². The predicted molar refractivity (Wildman–Crippen MR) is 162 cm³/mol. The van der Waals surface area contributed by atoms with Gasteiger partial charge in [-0.05, 0) is 38.3 Å². The van der Waals surface area contributed by atoms with E-state index in [1.807, 2.05) is 78.2 Å². The Morgan fingerprint density at radius 1 is 1.02 bits per heavy atom. The predicted octanol–water partition coefficient (Wildman–Crippen LogP) is 6.84. The van der Waals surface area contributed by atoms with Crippen LogP contribution in [0.1, 0.15) is 45.7 Å². The number of aromatic nitrogens is 2. The number of fused-ring (bicyclic) bond motifs is 1. The summed E-state index contributed by atoms with van der Waals surface area (Å²) in [6, 6.07) is 22.1. The molecule has 0 unspecified atom stereocenters. The van der Waals surface area contributed by atoms with E-state index in [1.165, 1.54) is 17.4 Å². The minimum absolute atomic E-state index is 0.165. The van der Waals surface area contributed by atoms with E-state index in [0.717, 1.165) is 41.3 Å². The Morgan fingerprint density at radius 2 is 1.78 bits per heavy atom. The van der Waals surface area contributed by atoms with Crippen LogP contribution in [0.3, 0.4) is 0 Å². The topological polar surface area (TPSA) is 67.2 Å². The van der Waals surface area contributed by atoms with Crippen LogP contribution in [0, 0.1) is 12.7 Å². The van der Waals surface area contributed by atoms with Gasteiger partial charge in [0.1, 0.15) is 16.5 Å². The molecule has 0 saturated carbocycles. The Morgan fingerprint density at radius 3 is 2.59 bits per heavy atom. The molecule has 6 rings (SSSR count). The molecule has 1 atom stereocenters. The molecule has 6 nitrogen and oxygen atoms in total. The number of thiazole rings is 1. The Kier molecular flexibility index (Phi) is 7.41. The number of para-hydroxylation sites is 1. The summed E-state index contributed by atoms with van der Waals surface area (Å²) in [5, 5.41) is 4.64. The number of carbonyl (C=O) groups is 2. The molecular formula is C33H31FN4O2S. The van der Waals surface area contributed by atoms with Gasteiger partial charge >= 0.3 is 0 Å². The third-order valence-corrected chi connectivity index (χ3v) is 8.91. The van der Waals surface area contributed by atoms with Crippen molar-refractivity contribution in [3.8, 4) is 21.0 Å². The third kappa shape index (κ3) is 5.27. The number of hydrogen-bond donors (Lipinski definition) is 1. The van der Waals surface area contributed by atoms with Crippen molar-refractivity contribution in [1.29, 1.82) is 0 Å². The van der Waals surface area contributed by atoms with E-state index in [1.54, 1.807) is 18.2 Å². The number of nitrogens with one attached hydrogen (secondary N) is 1. The third-order valence-electron chi connectivity index (χ3n) is 7.77. The minimum atomic E-state index is -0.391. The molecule has 2 aromatic heterocycles. The summed E-state index contributed by atoms with van der Waals surface area (Å²) in [6.45, 7) is 2.90. The highest BCUT2D eigenvalue weighted by atomic mass is 32.1. The first-order valence-electron chi connectivity index (χ1n) is 13.9. The fraction of sp³-hybridized carbons (Fsp3) is 0.242. The number of likely N-dealkylation sites (tertiary alicyclic amines) is 1. The lowest BCUT2D eigenvalue weighted by atomic mass is 10.0. The number of halogens is 1. The Bertz CT molecular complexity index is 1740. The van der Waals surface area contributed by atoms with Crippen LogP contribution in [0.15, 0.2) is 79.0 Å². The summed E-state index contributed by atoms with van der Waals surface area (Å²) in [7, 11) is 1.92. The van der Waals surface area contributed by atoms with Crippen molar-refractivity contribution in [2.24, 2.45) is 7.05 Å². The number of hydrogen-bond acceptors (Lipinski definition) is 4. The van der Waals surface area contributed by atoms with Gasteiger partial charge in [0.25, 0.3) is 11.8 Å². The largest absolute Gasteiger partial charge is 0.350 e. The van der Waals surface area contributed by atoms with E-state index in [-0.39, 0.29) is 23.6 Å². The average molecular weight is 567 g/mol. The van der Waals surface area contributed by atoms with Crippen molar-refractivity contribution in [3.63, 3.8) is 0 Å². The molecule has 0 spiro atoms. The van der Waals surface area contributed by atoms with Crippen LogP contribution in [-0.2, 0) is 7.05 Å². The molecule has 1 aliphatic heterocycles. The summed E-state index contributed by atoms with van der Waals surface area (Å²) in [5.74, 6) is -0.790. The monoisotopic (exact) mass is 566 g/mol. The van der Waals surface area contributed by atoms with E-state index in [9.17, 15) is 14.0 Å². The number of carbonyl (C=O) groups excluding carboxylic acids is 2. The number of benzene rings is 3. The maximum atomic E-state index is 15.0. The molecular weight excluding hydrogens is 535 g/mol. The van der Waals surface area contributed by atoms with Crippen LogP contribution < -0.4 is 5.32 Å². The summed E-state index contributed by atoms with van der Waals surface area (Å²) in [4.78, 5) is 34.5. The molecule has 1 aliphatic rings. The van der Waals surface area contributed by atoms with Gasteiger partial charge in [-0.1, -0.05) is 66.2 Å². The SMILES string of the molecule is Cc1ccc(-c2nc(C(=O)N3CCCC[C@H]3CNC(=O)c3cn(C)c4ccccc34)c(-c3ccccc3F)s2)cc1. The number of nitrogens with zero attached hydrogens (tertiary/aromatic N) is 3. The van der Waals surface area contributed by atoms with Gasteiger partial charge in [-0.15, -0.1) is 11.3 Å². The summed E-state index contributed by atoms with van der Waals surface area (Å²) in [6.07, 6.45) is 4.44. The number of rotatable bonds is 6. The van der Waals surface area contributed by atoms with Crippen LogP contribution >= 0.6 is 11.3 Å². The first-order valence-corrected chi connectivity index (χ1v) is 14.7. The molecule has 3 aromatic carbocycles. The molecule has 1 saturated heterocycles. The zero-order valence-electron chi connectivity index (χ0n) is 23.1. The smallest absolute Gasteiger partial charge is 0.274 e. The lowest BCUT2D eigenvalue weighted by Crippen LogP contribution is -2.49. The summed E-state index contributed by atoms with van der Waals surface area (Å²) < 4.78 is 16.9. The first kappa shape index (κ1) is 26.9. The number of amides is 2. The van der Waals surface area contributed by atoms with Crippen molar-refractivity contribution < 1.29 is 14.0 Å². The Balaban J connectivity index is 1.29. The van der Waals surface area contributed by atoms with Crippen LogP contribution in [0.5, 0.6) is 0 Å². The lowest BCUT2D eigenvalue weighted by molar-refractivity contribution is 0.0598. The maximum Gasteiger partial charge on any atom is 0.274 e. The summed E-state index contributed by atoms with van der Waals surface area (Å²) >= 11 is 1.33. The van der Waals surface area contributed by atoms with E-state index in [4.69, 9.17) is 4.98 Å². The molecule has 208 valence electrons. The molecule has 1 N–H and O–H groups in total. The quantitative estimate of drug-likeness (QED) is 0.245. The Hall–Kier alpha value is -4.30.